The Morgan fingerprint density at radius 1 is 1.57 bits per heavy atom. The fourth-order valence-corrected chi connectivity index (χ4v) is 1.54. The quantitative estimate of drug-likeness (QED) is 0.905. The second-order valence-corrected chi connectivity index (χ2v) is 3.87. The minimum absolute atomic E-state index is 0.718. The summed E-state index contributed by atoms with van der Waals surface area (Å²) in [4.78, 5) is 4.37. The van der Waals surface area contributed by atoms with Crippen LogP contribution in [0.4, 0.5) is 0 Å². The fourth-order valence-electron chi connectivity index (χ4n) is 1.21. The van der Waals surface area contributed by atoms with Crippen LogP contribution in [0.5, 0.6) is 0 Å². The maximum Gasteiger partial charge on any atom is 0.165 e. The highest BCUT2D eigenvalue weighted by Gasteiger charge is 2.02. The van der Waals surface area contributed by atoms with Crippen molar-refractivity contribution in [1.29, 1.82) is 0 Å². The van der Waals surface area contributed by atoms with Gasteiger partial charge in [-0.05, 0) is 18.7 Å². The van der Waals surface area contributed by atoms with Gasteiger partial charge in [-0.1, -0.05) is 22.9 Å². The average Bonchev–Trinajstić information content (AvgIpc) is 2.56. The number of nitrogens with one attached hydrogen (secondary N) is 1. The molecular weight excluding hydrogens is 244 g/mol. The summed E-state index contributed by atoms with van der Waals surface area (Å²) in [6.45, 7) is 3.71. The minimum atomic E-state index is 0.718. The van der Waals surface area contributed by atoms with Gasteiger partial charge in [-0.3, -0.25) is 0 Å². The molecule has 4 nitrogen and oxygen atoms in total. The molecule has 5 heteroatoms. The van der Waals surface area contributed by atoms with Gasteiger partial charge in [0.1, 0.15) is 0 Å². The molecule has 2 rings (SSSR count). The van der Waals surface area contributed by atoms with Crippen LogP contribution >= 0.6 is 15.9 Å². The van der Waals surface area contributed by atoms with Crippen LogP contribution in [0.15, 0.2) is 22.8 Å². The molecule has 0 spiro atoms. The Balaban J connectivity index is 2.32. The van der Waals surface area contributed by atoms with Crippen LogP contribution in [0.25, 0.3) is 5.65 Å². The lowest BCUT2D eigenvalue weighted by Gasteiger charge is -1.92. The van der Waals surface area contributed by atoms with Gasteiger partial charge in [-0.15, -0.1) is 5.10 Å². The van der Waals surface area contributed by atoms with E-state index < -0.39 is 0 Å². The number of halogens is 1. The van der Waals surface area contributed by atoms with Gasteiger partial charge >= 0.3 is 0 Å². The molecule has 2 heterocycles. The third-order valence-electron chi connectivity index (χ3n) is 1.88. The molecule has 14 heavy (non-hydrogen) atoms. The molecule has 74 valence electrons. The number of rotatable bonds is 3. The van der Waals surface area contributed by atoms with E-state index in [1.807, 2.05) is 18.3 Å². The van der Waals surface area contributed by atoms with Gasteiger partial charge in [0.05, 0.1) is 6.54 Å². The Labute approximate surface area is 90.5 Å². The van der Waals surface area contributed by atoms with Crippen LogP contribution in [0.1, 0.15) is 12.7 Å². The van der Waals surface area contributed by atoms with Crippen LogP contribution in [0.2, 0.25) is 0 Å². The van der Waals surface area contributed by atoms with E-state index in [0.717, 1.165) is 29.0 Å². The van der Waals surface area contributed by atoms with Crippen molar-refractivity contribution in [3.63, 3.8) is 0 Å². The summed E-state index contributed by atoms with van der Waals surface area (Å²) in [5.74, 6) is 0.824. The van der Waals surface area contributed by atoms with E-state index in [1.54, 1.807) is 4.52 Å². The molecule has 0 aliphatic carbocycles. The van der Waals surface area contributed by atoms with Crippen molar-refractivity contribution in [3.8, 4) is 0 Å². The minimum Gasteiger partial charge on any atom is -0.310 e. The molecule has 0 bridgehead atoms. The first kappa shape index (κ1) is 9.61. The van der Waals surface area contributed by atoms with Crippen molar-refractivity contribution >= 4 is 21.6 Å². The second-order valence-electron chi connectivity index (χ2n) is 2.96. The van der Waals surface area contributed by atoms with Crippen LogP contribution in [0, 0.1) is 0 Å². The molecular formula is C9H11BrN4. The topological polar surface area (TPSA) is 42.2 Å². The lowest BCUT2D eigenvalue weighted by atomic mass is 10.5. The molecule has 1 N–H and O–H groups in total. The molecule has 0 saturated carbocycles. The van der Waals surface area contributed by atoms with Crippen molar-refractivity contribution in [1.82, 2.24) is 19.9 Å². The van der Waals surface area contributed by atoms with Crippen molar-refractivity contribution in [2.75, 3.05) is 6.54 Å². The van der Waals surface area contributed by atoms with Gasteiger partial charge in [-0.25, -0.2) is 9.50 Å². The molecule has 0 amide bonds. The predicted octanol–water partition coefficient (Wildman–Crippen LogP) is 1.60. The van der Waals surface area contributed by atoms with Crippen molar-refractivity contribution < 1.29 is 0 Å². The summed E-state index contributed by atoms with van der Waals surface area (Å²) in [5.41, 5.74) is 0.868. The molecule has 2 aromatic rings. The third kappa shape index (κ3) is 1.93. The van der Waals surface area contributed by atoms with Gasteiger partial charge in [-0.2, -0.15) is 0 Å². The monoisotopic (exact) mass is 254 g/mol. The largest absolute Gasteiger partial charge is 0.310 e. The molecule has 0 radical (unpaired) electrons. The van der Waals surface area contributed by atoms with E-state index in [0.29, 0.717) is 0 Å². The number of hydrogen-bond donors (Lipinski definition) is 1. The molecule has 0 fully saturated rings. The summed E-state index contributed by atoms with van der Waals surface area (Å²) in [6, 6.07) is 3.89. The van der Waals surface area contributed by atoms with Gasteiger partial charge in [0.2, 0.25) is 0 Å². The van der Waals surface area contributed by atoms with Crippen LogP contribution in [-0.4, -0.2) is 21.1 Å². The predicted molar refractivity (Wildman–Crippen MR) is 58.1 cm³/mol. The van der Waals surface area contributed by atoms with E-state index in [9.17, 15) is 0 Å². The number of fused-ring (bicyclic) bond motifs is 1. The van der Waals surface area contributed by atoms with Gasteiger partial charge in [0.15, 0.2) is 11.5 Å². The third-order valence-corrected chi connectivity index (χ3v) is 2.37. The Morgan fingerprint density at radius 3 is 3.21 bits per heavy atom. The maximum atomic E-state index is 4.37. The Hall–Kier alpha value is -0.940. The fraction of sp³-hybridized carbons (Fsp3) is 0.333. The molecule has 2 aromatic heterocycles. The van der Waals surface area contributed by atoms with E-state index in [2.05, 4.69) is 38.3 Å². The van der Waals surface area contributed by atoms with Crippen molar-refractivity contribution in [2.45, 2.75) is 13.5 Å². The number of aromatic nitrogens is 3. The lowest BCUT2D eigenvalue weighted by molar-refractivity contribution is 0.688. The zero-order chi connectivity index (χ0) is 9.97. The first-order chi connectivity index (χ1) is 6.79. The zero-order valence-electron chi connectivity index (χ0n) is 7.87. The van der Waals surface area contributed by atoms with E-state index in [4.69, 9.17) is 0 Å². The Bertz CT molecular complexity index is 437. The second kappa shape index (κ2) is 4.06. The SMILES string of the molecule is CCNCc1nc2cc(Br)ccn2n1. The summed E-state index contributed by atoms with van der Waals surface area (Å²) in [6.07, 6.45) is 1.89. The smallest absolute Gasteiger partial charge is 0.165 e. The Morgan fingerprint density at radius 2 is 2.43 bits per heavy atom. The zero-order valence-corrected chi connectivity index (χ0v) is 9.45. The standard InChI is InChI=1S/C9H11BrN4/c1-2-11-6-8-12-9-5-7(10)3-4-14(9)13-8/h3-5,11H,2,6H2,1H3. The first-order valence-electron chi connectivity index (χ1n) is 4.51. The molecule has 0 unspecified atom stereocenters. The van der Waals surface area contributed by atoms with E-state index >= 15 is 0 Å². The van der Waals surface area contributed by atoms with Crippen molar-refractivity contribution in [3.05, 3.63) is 28.6 Å². The molecule has 0 aliphatic rings. The summed E-state index contributed by atoms with van der Waals surface area (Å²) >= 11 is 3.40. The summed E-state index contributed by atoms with van der Waals surface area (Å²) < 4.78 is 2.80. The number of nitrogens with zero attached hydrogens (tertiary/aromatic N) is 3. The van der Waals surface area contributed by atoms with E-state index in [-0.39, 0.29) is 0 Å². The van der Waals surface area contributed by atoms with Crippen molar-refractivity contribution in [2.24, 2.45) is 0 Å². The number of hydrogen-bond acceptors (Lipinski definition) is 3. The highest BCUT2D eigenvalue weighted by Crippen LogP contribution is 2.11. The maximum absolute atomic E-state index is 4.37. The normalized spacial score (nSPS) is 11.0. The molecule has 0 saturated heterocycles. The first-order valence-corrected chi connectivity index (χ1v) is 5.30. The average molecular weight is 255 g/mol. The van der Waals surface area contributed by atoms with E-state index in [1.165, 1.54) is 0 Å². The highest BCUT2D eigenvalue weighted by molar-refractivity contribution is 9.10. The van der Waals surface area contributed by atoms with Crippen LogP contribution in [0.3, 0.4) is 0 Å². The summed E-state index contributed by atoms with van der Waals surface area (Å²) in [7, 11) is 0. The summed E-state index contributed by atoms with van der Waals surface area (Å²) in [5, 5.41) is 7.50. The van der Waals surface area contributed by atoms with Gasteiger partial charge in [0.25, 0.3) is 0 Å². The Kier molecular flexibility index (Phi) is 2.79. The number of pyridine rings is 1. The molecule has 0 atom stereocenters. The molecule has 0 aromatic carbocycles. The van der Waals surface area contributed by atoms with Gasteiger partial charge in [0, 0.05) is 10.7 Å². The van der Waals surface area contributed by atoms with Gasteiger partial charge < -0.3 is 5.32 Å². The van der Waals surface area contributed by atoms with Crippen LogP contribution < -0.4 is 5.32 Å². The van der Waals surface area contributed by atoms with Crippen LogP contribution in [-0.2, 0) is 6.54 Å². The molecule has 0 aliphatic heterocycles. The highest BCUT2D eigenvalue weighted by atomic mass is 79.9. The lowest BCUT2D eigenvalue weighted by Crippen LogP contribution is -2.12.